The lowest BCUT2D eigenvalue weighted by Crippen LogP contribution is -2.20. The number of carbonyl (C=O) groups is 1. The molecular weight excluding hydrogens is 360 g/mol. The van der Waals surface area contributed by atoms with Crippen molar-refractivity contribution in [1.82, 2.24) is 14.3 Å². The van der Waals surface area contributed by atoms with E-state index in [4.69, 9.17) is 16.3 Å². The molecule has 0 aliphatic carbocycles. The molecule has 0 fully saturated rings. The van der Waals surface area contributed by atoms with Gasteiger partial charge in [-0.25, -0.2) is 0 Å². The van der Waals surface area contributed by atoms with E-state index in [1.165, 1.54) is 11.3 Å². The number of hydrogen-bond donors (Lipinski definition) is 0. The monoisotopic (exact) mass is 378 g/mol. The van der Waals surface area contributed by atoms with Gasteiger partial charge in [-0.15, -0.1) is 0 Å². The van der Waals surface area contributed by atoms with Gasteiger partial charge in [0.15, 0.2) is 10.5 Å². The number of hydrogen-bond acceptors (Lipinski definition) is 4. The first-order valence-electron chi connectivity index (χ1n) is 7.95. The predicted molar refractivity (Wildman–Crippen MR) is 99.2 cm³/mol. The molecule has 2 aromatic heterocycles. The van der Waals surface area contributed by atoms with Crippen molar-refractivity contribution in [3.05, 3.63) is 45.5 Å². The Morgan fingerprint density at radius 3 is 2.92 bits per heavy atom. The Balaban J connectivity index is 2.08. The zero-order valence-corrected chi connectivity index (χ0v) is 15.9. The van der Waals surface area contributed by atoms with Gasteiger partial charge < -0.3 is 9.30 Å². The Kier molecular flexibility index (Phi) is 5.36. The molecule has 0 spiro atoms. The molecule has 3 aromatic rings. The Morgan fingerprint density at radius 2 is 2.24 bits per heavy atom. The lowest BCUT2D eigenvalue weighted by molar-refractivity contribution is 0.0990. The van der Waals surface area contributed by atoms with Crippen LogP contribution in [0, 0.1) is 6.92 Å². The van der Waals surface area contributed by atoms with Gasteiger partial charge in [0, 0.05) is 37.0 Å². The molecule has 0 unspecified atom stereocenters. The molecule has 132 valence electrons. The van der Waals surface area contributed by atoms with Crippen LogP contribution in [0.2, 0.25) is 5.02 Å². The minimum atomic E-state index is -0.346. The topological polar surface area (TPSA) is 61.4 Å². The summed E-state index contributed by atoms with van der Waals surface area (Å²) < 4.78 is 10.0. The number of fused-ring (bicyclic) bond motifs is 1. The third-order valence-corrected chi connectivity index (χ3v) is 5.00. The molecule has 3 rings (SSSR count). The third kappa shape index (κ3) is 3.84. The second kappa shape index (κ2) is 7.51. The maximum absolute atomic E-state index is 12.6. The molecule has 0 saturated heterocycles. The van der Waals surface area contributed by atoms with Crippen LogP contribution in [0.25, 0.3) is 10.2 Å². The third-order valence-electron chi connectivity index (χ3n) is 3.72. The number of aryl methyl sites for hydroxylation is 2. The second-order valence-corrected chi connectivity index (χ2v) is 7.04. The first-order chi connectivity index (χ1) is 12.0. The molecule has 0 saturated carbocycles. The van der Waals surface area contributed by atoms with E-state index in [1.54, 1.807) is 17.9 Å². The number of amides is 1. The quantitative estimate of drug-likeness (QED) is 0.640. The molecule has 0 bridgehead atoms. The van der Waals surface area contributed by atoms with Crippen molar-refractivity contribution in [3.8, 4) is 0 Å². The van der Waals surface area contributed by atoms with E-state index in [-0.39, 0.29) is 5.91 Å². The van der Waals surface area contributed by atoms with Gasteiger partial charge in [-0.3, -0.25) is 9.48 Å². The number of halogens is 1. The van der Waals surface area contributed by atoms with Crippen LogP contribution in [0.15, 0.2) is 29.4 Å². The average molecular weight is 379 g/mol. The molecule has 1 amide bonds. The van der Waals surface area contributed by atoms with E-state index in [0.29, 0.717) is 35.3 Å². The van der Waals surface area contributed by atoms with E-state index >= 15 is 0 Å². The van der Waals surface area contributed by atoms with Gasteiger partial charge in [-0.05, 0) is 32.0 Å². The van der Waals surface area contributed by atoms with Crippen molar-refractivity contribution in [2.45, 2.75) is 20.4 Å². The number of nitrogens with zero attached hydrogens (tertiary/aromatic N) is 4. The van der Waals surface area contributed by atoms with Crippen LogP contribution in [-0.4, -0.2) is 33.5 Å². The predicted octanol–water partition coefficient (Wildman–Crippen LogP) is 3.18. The van der Waals surface area contributed by atoms with Gasteiger partial charge >= 0.3 is 0 Å². The number of thiazole rings is 1. The van der Waals surface area contributed by atoms with E-state index in [2.05, 4.69) is 10.1 Å². The second-order valence-electron chi connectivity index (χ2n) is 5.60. The zero-order valence-electron chi connectivity index (χ0n) is 14.3. The largest absolute Gasteiger partial charge is 0.380 e. The Hall–Kier alpha value is -1.96. The fourth-order valence-electron chi connectivity index (χ4n) is 2.61. The van der Waals surface area contributed by atoms with Crippen LogP contribution >= 0.6 is 22.9 Å². The van der Waals surface area contributed by atoms with E-state index in [1.807, 2.05) is 36.6 Å². The normalized spacial score (nSPS) is 12.2. The molecule has 2 heterocycles. The van der Waals surface area contributed by atoms with Crippen molar-refractivity contribution in [3.63, 3.8) is 0 Å². The van der Waals surface area contributed by atoms with Crippen LogP contribution in [0.1, 0.15) is 23.0 Å². The minimum Gasteiger partial charge on any atom is -0.380 e. The maximum atomic E-state index is 12.6. The lowest BCUT2D eigenvalue weighted by atomic mass is 10.3. The zero-order chi connectivity index (χ0) is 18.0. The number of ether oxygens (including phenoxy) is 1. The Bertz CT molecular complexity index is 986. The summed E-state index contributed by atoms with van der Waals surface area (Å²) in [6.45, 7) is 5.61. The van der Waals surface area contributed by atoms with Crippen LogP contribution in [-0.2, 0) is 18.3 Å². The Labute approximate surface area is 154 Å². The summed E-state index contributed by atoms with van der Waals surface area (Å²) in [5.41, 5.74) is 2.16. The Morgan fingerprint density at radius 1 is 1.44 bits per heavy atom. The van der Waals surface area contributed by atoms with Gasteiger partial charge in [0.25, 0.3) is 5.91 Å². The molecule has 8 heteroatoms. The molecule has 1 aromatic carbocycles. The summed E-state index contributed by atoms with van der Waals surface area (Å²) in [7, 11) is 1.79. The molecule has 0 radical (unpaired) electrons. The first-order valence-corrected chi connectivity index (χ1v) is 9.15. The van der Waals surface area contributed by atoms with E-state index < -0.39 is 0 Å². The summed E-state index contributed by atoms with van der Waals surface area (Å²) in [6.07, 6.45) is 1.80. The van der Waals surface area contributed by atoms with Crippen molar-refractivity contribution in [1.29, 1.82) is 0 Å². The minimum absolute atomic E-state index is 0.346. The van der Waals surface area contributed by atoms with Crippen LogP contribution in [0.3, 0.4) is 0 Å². The van der Waals surface area contributed by atoms with E-state index in [9.17, 15) is 4.79 Å². The number of rotatable bonds is 5. The molecule has 6 nitrogen and oxygen atoms in total. The molecule has 0 aliphatic rings. The summed E-state index contributed by atoms with van der Waals surface area (Å²) in [5.74, 6) is -0.346. The van der Waals surface area contributed by atoms with Crippen LogP contribution < -0.4 is 4.80 Å². The molecule has 0 N–H and O–H groups in total. The van der Waals surface area contributed by atoms with Gasteiger partial charge in [0.2, 0.25) is 0 Å². The van der Waals surface area contributed by atoms with Crippen molar-refractivity contribution >= 4 is 39.1 Å². The molecule has 25 heavy (non-hydrogen) atoms. The average Bonchev–Trinajstić information content (AvgIpc) is 3.07. The number of carbonyl (C=O) groups excluding carboxylic acids is 1. The molecule has 0 atom stereocenters. The van der Waals surface area contributed by atoms with Crippen LogP contribution in [0.4, 0.5) is 0 Å². The highest BCUT2D eigenvalue weighted by Crippen LogP contribution is 2.22. The van der Waals surface area contributed by atoms with Crippen LogP contribution in [0.5, 0.6) is 0 Å². The first kappa shape index (κ1) is 17.8. The summed E-state index contributed by atoms with van der Waals surface area (Å²) in [6, 6.07) is 5.66. The van der Waals surface area contributed by atoms with Crippen molar-refractivity contribution in [2.75, 3.05) is 13.2 Å². The van der Waals surface area contributed by atoms with Gasteiger partial charge in [-0.2, -0.15) is 10.1 Å². The standard InChI is InChI=1S/C17H19ClN4O2S/c1-4-24-8-7-22-13-6-5-12(18)9-14(13)25-17(22)19-16(23)15-11(2)10-21(3)20-15/h5-6,9-10H,4,7-8H2,1-3H3. The van der Waals surface area contributed by atoms with Gasteiger partial charge in [0.1, 0.15) is 0 Å². The smallest absolute Gasteiger partial charge is 0.300 e. The highest BCUT2D eigenvalue weighted by atomic mass is 35.5. The summed E-state index contributed by atoms with van der Waals surface area (Å²) in [4.78, 5) is 17.5. The van der Waals surface area contributed by atoms with Gasteiger partial charge in [0.05, 0.1) is 16.8 Å². The maximum Gasteiger partial charge on any atom is 0.300 e. The SMILES string of the molecule is CCOCCn1c(=NC(=O)c2nn(C)cc2C)sc2cc(Cl)ccc21. The highest BCUT2D eigenvalue weighted by Gasteiger charge is 2.14. The van der Waals surface area contributed by atoms with Crippen molar-refractivity contribution < 1.29 is 9.53 Å². The van der Waals surface area contributed by atoms with Crippen molar-refractivity contribution in [2.24, 2.45) is 12.0 Å². The summed E-state index contributed by atoms with van der Waals surface area (Å²) >= 11 is 7.53. The molecular formula is C17H19ClN4O2S. The number of benzene rings is 1. The highest BCUT2D eigenvalue weighted by molar-refractivity contribution is 7.16. The van der Waals surface area contributed by atoms with Gasteiger partial charge in [-0.1, -0.05) is 22.9 Å². The molecule has 0 aliphatic heterocycles. The summed E-state index contributed by atoms with van der Waals surface area (Å²) in [5, 5.41) is 4.86. The number of aromatic nitrogens is 3. The fraction of sp³-hybridized carbons (Fsp3) is 0.353. The van der Waals surface area contributed by atoms with E-state index in [0.717, 1.165) is 15.8 Å². The fourth-order valence-corrected chi connectivity index (χ4v) is 3.94. The lowest BCUT2D eigenvalue weighted by Gasteiger charge is -2.05.